The van der Waals surface area contributed by atoms with Gasteiger partial charge in [0.15, 0.2) is 0 Å². The number of hydrogen-bond donors (Lipinski definition) is 0. The average molecular weight is 169 g/mol. The van der Waals surface area contributed by atoms with Crippen LogP contribution in [-0.4, -0.2) is 36.4 Å². The molecule has 0 unspecified atom stereocenters. The molecular formula is C8H13N2O2-. The van der Waals surface area contributed by atoms with Crippen molar-refractivity contribution < 1.29 is 9.53 Å². The number of piperidine rings is 1. The Balaban J connectivity index is 2.33. The zero-order chi connectivity index (χ0) is 8.97. The van der Waals surface area contributed by atoms with Crippen LogP contribution in [0.25, 0.3) is 5.41 Å². The zero-order valence-electron chi connectivity index (χ0n) is 7.25. The predicted octanol–water partition coefficient (Wildman–Crippen LogP) is 1.25. The largest absolute Gasteiger partial charge is 0.811 e. The van der Waals surface area contributed by atoms with Crippen molar-refractivity contribution in [2.75, 3.05) is 19.7 Å². The van der Waals surface area contributed by atoms with Crippen LogP contribution in [0.4, 0.5) is 4.79 Å². The molecule has 0 bridgehead atoms. The fraction of sp³-hybridized carbons (Fsp3) is 0.750. The number of amides is 1. The number of rotatable bonds is 1. The topological polar surface area (TPSA) is 51.8 Å². The minimum absolute atomic E-state index is 0.273. The van der Waals surface area contributed by atoms with E-state index in [0.29, 0.717) is 38.2 Å². The minimum atomic E-state index is -0.273. The molecule has 68 valence electrons. The number of carbonyl (C=O) groups is 1. The van der Waals surface area contributed by atoms with E-state index in [0.717, 1.165) is 0 Å². The summed E-state index contributed by atoms with van der Waals surface area (Å²) in [7, 11) is 0. The molecule has 1 rings (SSSR count). The van der Waals surface area contributed by atoms with Gasteiger partial charge in [0, 0.05) is 13.1 Å². The first-order chi connectivity index (χ1) is 5.74. The molecule has 0 radical (unpaired) electrons. The van der Waals surface area contributed by atoms with Gasteiger partial charge in [-0.3, -0.25) is 0 Å². The summed E-state index contributed by atoms with van der Waals surface area (Å²) in [5, 5.41) is 9.08. The van der Waals surface area contributed by atoms with Gasteiger partial charge in [0.1, 0.15) is 0 Å². The molecule has 4 nitrogen and oxygen atoms in total. The Morgan fingerprint density at radius 1 is 1.58 bits per heavy atom. The molecule has 1 heterocycles. The van der Waals surface area contributed by atoms with Gasteiger partial charge in [0.05, 0.1) is 6.61 Å². The van der Waals surface area contributed by atoms with E-state index >= 15 is 0 Å². The van der Waals surface area contributed by atoms with Crippen molar-refractivity contribution in [1.29, 1.82) is 0 Å². The van der Waals surface area contributed by atoms with E-state index in [-0.39, 0.29) is 6.09 Å². The SMILES string of the molecule is CCOC(=O)N1CCC(=[N-])CC1. The van der Waals surface area contributed by atoms with Crippen LogP contribution in [0.5, 0.6) is 0 Å². The van der Waals surface area contributed by atoms with Crippen molar-refractivity contribution >= 4 is 11.8 Å². The summed E-state index contributed by atoms with van der Waals surface area (Å²) in [6, 6.07) is 0. The molecule has 4 heteroatoms. The van der Waals surface area contributed by atoms with Gasteiger partial charge in [-0.05, 0) is 19.8 Å². The van der Waals surface area contributed by atoms with Crippen LogP contribution in [0.3, 0.4) is 0 Å². The second-order valence-corrected chi connectivity index (χ2v) is 2.75. The Morgan fingerprint density at radius 3 is 2.67 bits per heavy atom. The lowest BCUT2D eigenvalue weighted by Crippen LogP contribution is -2.38. The summed E-state index contributed by atoms with van der Waals surface area (Å²) in [5.41, 5.74) is 0.482. The van der Waals surface area contributed by atoms with Gasteiger partial charge in [-0.25, -0.2) is 10.5 Å². The number of carbonyl (C=O) groups excluding carboxylic acids is 1. The maximum absolute atomic E-state index is 11.1. The van der Waals surface area contributed by atoms with Gasteiger partial charge in [-0.1, -0.05) is 0 Å². The Hall–Kier alpha value is -1.06. The van der Waals surface area contributed by atoms with Crippen molar-refractivity contribution in [3.8, 4) is 0 Å². The Morgan fingerprint density at radius 2 is 2.17 bits per heavy atom. The monoisotopic (exact) mass is 169 g/mol. The van der Waals surface area contributed by atoms with Crippen molar-refractivity contribution in [3.05, 3.63) is 5.41 Å². The van der Waals surface area contributed by atoms with E-state index < -0.39 is 0 Å². The molecule has 0 aromatic carbocycles. The van der Waals surface area contributed by atoms with Crippen LogP contribution < -0.4 is 0 Å². The van der Waals surface area contributed by atoms with Crippen molar-refractivity contribution in [1.82, 2.24) is 4.90 Å². The van der Waals surface area contributed by atoms with Gasteiger partial charge < -0.3 is 15.0 Å². The highest BCUT2D eigenvalue weighted by Crippen LogP contribution is 2.07. The highest BCUT2D eigenvalue weighted by molar-refractivity contribution is 5.89. The fourth-order valence-electron chi connectivity index (χ4n) is 1.16. The summed E-state index contributed by atoms with van der Waals surface area (Å²) in [4.78, 5) is 12.7. The third-order valence-corrected chi connectivity index (χ3v) is 1.87. The van der Waals surface area contributed by atoms with Gasteiger partial charge in [-0.2, -0.15) is 0 Å². The zero-order valence-corrected chi connectivity index (χ0v) is 7.25. The fourth-order valence-corrected chi connectivity index (χ4v) is 1.16. The van der Waals surface area contributed by atoms with Gasteiger partial charge in [0.25, 0.3) is 0 Å². The third kappa shape index (κ3) is 2.22. The predicted molar refractivity (Wildman–Crippen MR) is 46.2 cm³/mol. The van der Waals surface area contributed by atoms with Crippen LogP contribution in [0.2, 0.25) is 0 Å². The van der Waals surface area contributed by atoms with Crippen molar-refractivity contribution in [3.63, 3.8) is 0 Å². The Kier molecular flexibility index (Phi) is 3.08. The van der Waals surface area contributed by atoms with Crippen LogP contribution in [-0.2, 0) is 4.74 Å². The molecule has 0 N–H and O–H groups in total. The van der Waals surface area contributed by atoms with E-state index in [1.807, 2.05) is 0 Å². The number of likely N-dealkylation sites (tertiary alicyclic amines) is 1. The van der Waals surface area contributed by atoms with E-state index in [9.17, 15) is 4.79 Å². The molecule has 0 aromatic heterocycles. The third-order valence-electron chi connectivity index (χ3n) is 1.87. The smallest absolute Gasteiger partial charge is 0.409 e. The van der Waals surface area contributed by atoms with Crippen molar-refractivity contribution in [2.45, 2.75) is 19.8 Å². The molecule has 1 fully saturated rings. The standard InChI is InChI=1S/C8H13N2O2/c1-2-12-8(11)10-5-3-7(9)4-6-10/h2-6H2,1H3/q-1. The first-order valence-corrected chi connectivity index (χ1v) is 4.19. The molecule has 0 spiro atoms. The van der Waals surface area contributed by atoms with Crippen LogP contribution >= 0.6 is 0 Å². The second kappa shape index (κ2) is 4.09. The number of ether oxygens (including phenoxy) is 1. The molecule has 1 aliphatic rings. The van der Waals surface area contributed by atoms with Crippen molar-refractivity contribution in [2.24, 2.45) is 0 Å². The molecule has 0 atom stereocenters. The Bertz CT molecular complexity index is 181. The highest BCUT2D eigenvalue weighted by Gasteiger charge is 2.16. The number of hydrogen-bond acceptors (Lipinski definition) is 2. The molecule has 1 aliphatic heterocycles. The van der Waals surface area contributed by atoms with Gasteiger partial charge in [0.2, 0.25) is 0 Å². The highest BCUT2D eigenvalue weighted by atomic mass is 16.6. The van der Waals surface area contributed by atoms with Crippen LogP contribution in [0.15, 0.2) is 0 Å². The summed E-state index contributed by atoms with van der Waals surface area (Å²) in [6.07, 6.45) is 0.891. The summed E-state index contributed by atoms with van der Waals surface area (Å²) in [6.45, 7) is 3.34. The average Bonchev–Trinajstić information content (AvgIpc) is 2.06. The molecule has 1 saturated heterocycles. The second-order valence-electron chi connectivity index (χ2n) is 2.75. The molecule has 0 aliphatic carbocycles. The minimum Gasteiger partial charge on any atom is -0.811 e. The lowest BCUT2D eigenvalue weighted by molar-refractivity contribution is 0.107. The Labute approximate surface area is 72.0 Å². The molecule has 12 heavy (non-hydrogen) atoms. The quantitative estimate of drug-likeness (QED) is 0.593. The maximum Gasteiger partial charge on any atom is 0.409 e. The van der Waals surface area contributed by atoms with E-state index in [4.69, 9.17) is 10.1 Å². The van der Waals surface area contributed by atoms with Crippen LogP contribution in [0.1, 0.15) is 19.8 Å². The van der Waals surface area contributed by atoms with Crippen LogP contribution in [0, 0.1) is 0 Å². The molecular weight excluding hydrogens is 156 g/mol. The van der Waals surface area contributed by atoms with Gasteiger partial charge >= 0.3 is 6.09 Å². The molecule has 1 amide bonds. The lowest BCUT2D eigenvalue weighted by atomic mass is 10.1. The van der Waals surface area contributed by atoms with E-state index in [1.165, 1.54) is 0 Å². The summed E-state index contributed by atoms with van der Waals surface area (Å²) < 4.78 is 4.81. The number of nitrogens with zero attached hydrogens (tertiary/aromatic N) is 2. The summed E-state index contributed by atoms with van der Waals surface area (Å²) in [5.74, 6) is 0. The first kappa shape index (κ1) is 9.03. The molecule has 0 saturated carbocycles. The summed E-state index contributed by atoms with van der Waals surface area (Å²) >= 11 is 0. The maximum atomic E-state index is 11.1. The first-order valence-electron chi connectivity index (χ1n) is 4.19. The van der Waals surface area contributed by atoms with E-state index in [2.05, 4.69) is 0 Å². The van der Waals surface area contributed by atoms with E-state index in [1.54, 1.807) is 11.8 Å². The van der Waals surface area contributed by atoms with Gasteiger partial charge in [-0.15, -0.1) is 0 Å². The molecule has 0 aromatic rings. The normalized spacial score (nSPS) is 17.8. The lowest BCUT2D eigenvalue weighted by Gasteiger charge is -2.29.